The van der Waals surface area contributed by atoms with Crippen LogP contribution in [-0.4, -0.2) is 4.57 Å². The summed E-state index contributed by atoms with van der Waals surface area (Å²) in [4.78, 5) is 15.7. The van der Waals surface area contributed by atoms with Gasteiger partial charge in [-0.05, 0) is 129 Å². The maximum Gasteiger partial charge on any atom is 0.200 e. The summed E-state index contributed by atoms with van der Waals surface area (Å²) in [5.41, 5.74) is 17.1. The van der Waals surface area contributed by atoms with Gasteiger partial charge in [-0.15, -0.1) is 0 Å². The fourth-order valence-corrected chi connectivity index (χ4v) is 9.81. The number of para-hydroxylation sites is 2. The number of hydrogen-bond donors (Lipinski definition) is 0. The SMILES string of the molecule is CC1(C)c2ccccc2N(c2ccc(-c3ccc4c(=O)c5ccccc5oc4c3)cc2)c2ccc(-n3c4ccc(-c5ccccc5)cc4c4cc(-c5ccccc5)ccc43)cc21. The van der Waals surface area contributed by atoms with Crippen LogP contribution in [0, 0.1) is 0 Å². The van der Waals surface area contributed by atoms with Crippen LogP contribution < -0.4 is 10.3 Å². The van der Waals surface area contributed by atoms with Crippen LogP contribution in [0.5, 0.6) is 0 Å². The highest BCUT2D eigenvalue weighted by Crippen LogP contribution is 2.53. The summed E-state index contributed by atoms with van der Waals surface area (Å²) in [5.74, 6) is 0. The molecule has 294 valence electrons. The maximum absolute atomic E-state index is 13.3. The molecule has 12 rings (SSSR count). The molecule has 2 aromatic heterocycles. The Balaban J connectivity index is 0.993. The first-order valence-corrected chi connectivity index (χ1v) is 21.2. The number of anilines is 3. The molecule has 1 aliphatic heterocycles. The molecule has 0 aliphatic carbocycles. The van der Waals surface area contributed by atoms with Gasteiger partial charge < -0.3 is 13.9 Å². The number of benzene rings is 9. The van der Waals surface area contributed by atoms with Gasteiger partial charge in [0.05, 0.1) is 33.2 Å². The van der Waals surface area contributed by atoms with Gasteiger partial charge >= 0.3 is 0 Å². The maximum atomic E-state index is 13.3. The van der Waals surface area contributed by atoms with Gasteiger partial charge in [0.15, 0.2) is 0 Å². The van der Waals surface area contributed by atoms with E-state index in [9.17, 15) is 4.79 Å². The second-order valence-corrected chi connectivity index (χ2v) is 16.9. The summed E-state index contributed by atoms with van der Waals surface area (Å²) < 4.78 is 8.67. The fraction of sp³-hybridized carbons (Fsp3) is 0.0517. The first-order valence-electron chi connectivity index (χ1n) is 21.2. The Bertz CT molecular complexity index is 3520. The summed E-state index contributed by atoms with van der Waals surface area (Å²) in [6.07, 6.45) is 0. The summed E-state index contributed by atoms with van der Waals surface area (Å²) in [5, 5.41) is 3.64. The van der Waals surface area contributed by atoms with Crippen LogP contribution in [0.1, 0.15) is 25.0 Å². The van der Waals surface area contributed by atoms with E-state index in [0.29, 0.717) is 21.9 Å². The third-order valence-electron chi connectivity index (χ3n) is 13.0. The van der Waals surface area contributed by atoms with Crippen molar-refractivity contribution >= 4 is 60.8 Å². The summed E-state index contributed by atoms with van der Waals surface area (Å²) >= 11 is 0. The predicted molar refractivity (Wildman–Crippen MR) is 257 cm³/mol. The Kier molecular flexibility index (Phi) is 8.00. The van der Waals surface area contributed by atoms with Crippen molar-refractivity contribution in [2.45, 2.75) is 19.3 Å². The molecule has 0 amide bonds. The van der Waals surface area contributed by atoms with E-state index in [2.05, 4.69) is 187 Å². The molecule has 0 saturated carbocycles. The summed E-state index contributed by atoms with van der Waals surface area (Å²) in [7, 11) is 0. The van der Waals surface area contributed by atoms with E-state index in [-0.39, 0.29) is 10.8 Å². The van der Waals surface area contributed by atoms with Crippen LogP contribution in [-0.2, 0) is 5.41 Å². The fourth-order valence-electron chi connectivity index (χ4n) is 9.81. The molecule has 0 atom stereocenters. The van der Waals surface area contributed by atoms with E-state index in [1.54, 1.807) is 0 Å². The van der Waals surface area contributed by atoms with E-state index in [1.165, 1.54) is 60.9 Å². The van der Waals surface area contributed by atoms with Crippen LogP contribution in [0.25, 0.3) is 82.8 Å². The highest BCUT2D eigenvalue weighted by atomic mass is 16.3. The number of hydrogen-bond acceptors (Lipinski definition) is 3. The molecule has 3 heterocycles. The molecule has 11 aromatic rings. The number of aromatic nitrogens is 1. The van der Waals surface area contributed by atoms with Crippen molar-refractivity contribution in [3.05, 3.63) is 228 Å². The van der Waals surface area contributed by atoms with Crippen LogP contribution in [0.15, 0.2) is 215 Å². The largest absolute Gasteiger partial charge is 0.456 e. The molecule has 0 unspecified atom stereocenters. The number of rotatable bonds is 5. The van der Waals surface area contributed by atoms with Crippen molar-refractivity contribution in [1.29, 1.82) is 0 Å². The van der Waals surface area contributed by atoms with Gasteiger partial charge in [0.25, 0.3) is 0 Å². The molecule has 0 spiro atoms. The van der Waals surface area contributed by atoms with E-state index < -0.39 is 0 Å². The zero-order valence-electron chi connectivity index (χ0n) is 34.3. The standard InChI is InChI=1S/C58H40N2O2/c1-58(2)49-18-10-11-19-53(49)59(43-26-21-39(22-27-43)42-23-29-46-56(35-42)62-55-20-12-9-17-45(55)57(46)61)54-32-28-44(36-50(54)58)60-51-30-24-40(37-13-5-3-6-14-37)33-47(51)48-34-41(25-31-52(48)60)38-15-7-4-8-16-38/h3-36H,1-2H3. The quantitative estimate of drug-likeness (QED) is 0.163. The molecule has 62 heavy (non-hydrogen) atoms. The topological polar surface area (TPSA) is 38.4 Å². The van der Waals surface area contributed by atoms with Gasteiger partial charge in [0.1, 0.15) is 11.2 Å². The lowest BCUT2D eigenvalue weighted by Crippen LogP contribution is -2.30. The van der Waals surface area contributed by atoms with Crippen molar-refractivity contribution in [3.8, 4) is 39.1 Å². The Morgan fingerprint density at radius 3 is 1.60 bits per heavy atom. The minimum atomic E-state index is -0.280. The summed E-state index contributed by atoms with van der Waals surface area (Å²) in [6, 6.07) is 72.9. The zero-order chi connectivity index (χ0) is 41.5. The molecule has 0 N–H and O–H groups in total. The van der Waals surface area contributed by atoms with Crippen LogP contribution in [0.2, 0.25) is 0 Å². The lowest BCUT2D eigenvalue weighted by atomic mass is 9.73. The van der Waals surface area contributed by atoms with Crippen molar-refractivity contribution in [3.63, 3.8) is 0 Å². The smallest absolute Gasteiger partial charge is 0.200 e. The number of fused-ring (bicyclic) bond motifs is 7. The highest BCUT2D eigenvalue weighted by molar-refractivity contribution is 6.12. The van der Waals surface area contributed by atoms with E-state index in [0.717, 1.165) is 28.2 Å². The minimum Gasteiger partial charge on any atom is -0.456 e. The average Bonchev–Trinajstić information content (AvgIpc) is 3.65. The van der Waals surface area contributed by atoms with Gasteiger partial charge in [-0.2, -0.15) is 0 Å². The molecule has 0 fully saturated rings. The molecule has 9 aromatic carbocycles. The van der Waals surface area contributed by atoms with Crippen molar-refractivity contribution < 1.29 is 4.42 Å². The van der Waals surface area contributed by atoms with Crippen LogP contribution in [0.3, 0.4) is 0 Å². The molecule has 0 saturated heterocycles. The second-order valence-electron chi connectivity index (χ2n) is 16.9. The van der Waals surface area contributed by atoms with Crippen molar-refractivity contribution in [2.75, 3.05) is 4.90 Å². The third-order valence-corrected chi connectivity index (χ3v) is 13.0. The summed E-state index contributed by atoms with van der Waals surface area (Å²) in [6.45, 7) is 4.70. The lowest BCUT2D eigenvalue weighted by Gasteiger charge is -2.42. The van der Waals surface area contributed by atoms with Gasteiger partial charge in [-0.25, -0.2) is 0 Å². The van der Waals surface area contributed by atoms with Crippen LogP contribution in [0.4, 0.5) is 17.1 Å². The van der Waals surface area contributed by atoms with E-state index in [4.69, 9.17) is 4.42 Å². The minimum absolute atomic E-state index is 0.00944. The number of nitrogens with zero attached hydrogens (tertiary/aromatic N) is 2. The predicted octanol–water partition coefficient (Wildman–Crippen LogP) is 15.2. The Hall–Kier alpha value is -7.95. The second kappa shape index (κ2) is 13.8. The zero-order valence-corrected chi connectivity index (χ0v) is 34.3. The molecule has 4 nitrogen and oxygen atoms in total. The first-order chi connectivity index (χ1) is 30.4. The normalized spacial score (nSPS) is 13.2. The first kappa shape index (κ1) is 35.9. The lowest BCUT2D eigenvalue weighted by molar-refractivity contribution is 0.631. The van der Waals surface area contributed by atoms with E-state index in [1.807, 2.05) is 42.5 Å². The highest BCUT2D eigenvalue weighted by Gasteiger charge is 2.37. The average molecular weight is 797 g/mol. The Labute approximate surface area is 359 Å². The monoisotopic (exact) mass is 796 g/mol. The Morgan fingerprint density at radius 1 is 0.387 bits per heavy atom. The van der Waals surface area contributed by atoms with Gasteiger partial charge in [-0.1, -0.05) is 135 Å². The molecular formula is C58H40N2O2. The van der Waals surface area contributed by atoms with Crippen molar-refractivity contribution in [2.24, 2.45) is 0 Å². The van der Waals surface area contributed by atoms with Gasteiger partial charge in [0.2, 0.25) is 5.43 Å². The molecule has 0 radical (unpaired) electrons. The molecule has 1 aliphatic rings. The van der Waals surface area contributed by atoms with E-state index >= 15 is 0 Å². The molecule has 0 bridgehead atoms. The van der Waals surface area contributed by atoms with Crippen molar-refractivity contribution in [1.82, 2.24) is 4.57 Å². The van der Waals surface area contributed by atoms with Crippen LogP contribution >= 0.6 is 0 Å². The molecular weight excluding hydrogens is 757 g/mol. The molecule has 4 heteroatoms. The Morgan fingerprint density at radius 2 is 0.903 bits per heavy atom. The van der Waals surface area contributed by atoms with Gasteiger partial charge in [-0.3, -0.25) is 4.79 Å². The third kappa shape index (κ3) is 5.57. The van der Waals surface area contributed by atoms with Gasteiger partial charge in [0, 0.05) is 27.6 Å².